The van der Waals surface area contributed by atoms with E-state index in [1.165, 1.54) is 18.3 Å². The summed E-state index contributed by atoms with van der Waals surface area (Å²) in [5.41, 5.74) is 2.33. The average Bonchev–Trinajstić information content (AvgIpc) is 2.79. The molecule has 6 heteroatoms. The van der Waals surface area contributed by atoms with Crippen molar-refractivity contribution in [3.05, 3.63) is 87.8 Å². The summed E-state index contributed by atoms with van der Waals surface area (Å²) in [6.07, 6.45) is 6.11. The van der Waals surface area contributed by atoms with Crippen LogP contribution in [0.1, 0.15) is 44.0 Å². The van der Waals surface area contributed by atoms with Crippen molar-refractivity contribution in [2.45, 2.75) is 33.6 Å². The van der Waals surface area contributed by atoms with Crippen LogP contribution in [0.15, 0.2) is 81.0 Å². The number of esters is 1. The van der Waals surface area contributed by atoms with E-state index in [1.807, 2.05) is 6.08 Å². The lowest BCUT2D eigenvalue weighted by atomic mass is 10.1. The smallest absolute Gasteiger partial charge is 0.383 e. The highest BCUT2D eigenvalue weighted by atomic mass is 16.6. The molecule has 33 heavy (non-hydrogen) atoms. The molecule has 3 rings (SSSR count). The second kappa shape index (κ2) is 11.2. The van der Waals surface area contributed by atoms with Crippen molar-refractivity contribution in [2.75, 3.05) is 13.7 Å². The van der Waals surface area contributed by atoms with Crippen molar-refractivity contribution in [2.24, 2.45) is 0 Å². The number of hydrogen-bond donors (Lipinski definition) is 0. The first-order valence-electron chi connectivity index (χ1n) is 10.7. The quantitative estimate of drug-likeness (QED) is 0.224. The third-order valence-electron chi connectivity index (χ3n) is 4.98. The van der Waals surface area contributed by atoms with Crippen LogP contribution in [0, 0.1) is 0 Å². The zero-order chi connectivity index (χ0) is 23.8. The normalized spacial score (nSPS) is 11.2. The number of ether oxygens (including phenoxy) is 3. The van der Waals surface area contributed by atoms with Crippen LogP contribution >= 0.6 is 0 Å². The summed E-state index contributed by atoms with van der Waals surface area (Å²) in [5.74, 6) is -0.432. The van der Waals surface area contributed by atoms with Gasteiger partial charge in [0.1, 0.15) is 23.3 Å². The van der Waals surface area contributed by atoms with E-state index < -0.39 is 11.6 Å². The van der Waals surface area contributed by atoms with E-state index in [4.69, 9.17) is 18.6 Å². The molecule has 0 fully saturated rings. The Morgan fingerprint density at radius 1 is 0.970 bits per heavy atom. The lowest BCUT2D eigenvalue weighted by Gasteiger charge is -2.14. The molecule has 0 radical (unpaired) electrons. The molecule has 1 aromatic heterocycles. The number of rotatable bonds is 9. The van der Waals surface area contributed by atoms with Crippen LogP contribution in [0.25, 0.3) is 11.0 Å². The van der Waals surface area contributed by atoms with Gasteiger partial charge in [-0.25, -0.2) is 9.59 Å². The van der Waals surface area contributed by atoms with E-state index in [9.17, 15) is 9.59 Å². The summed E-state index contributed by atoms with van der Waals surface area (Å²) < 4.78 is 22.2. The minimum Gasteiger partial charge on any atom is -0.489 e. The van der Waals surface area contributed by atoms with Crippen LogP contribution in [0.4, 0.5) is 0 Å². The SMILES string of the molecule is COc1c(OC(=O)c2ccccc2)c2c(OCC=C(C)CCC=C(C)C)cccc2oc1=O. The zero-order valence-electron chi connectivity index (χ0n) is 19.3. The topological polar surface area (TPSA) is 75.0 Å². The predicted octanol–water partition coefficient (Wildman–Crippen LogP) is 6.09. The molecule has 0 saturated carbocycles. The maximum absolute atomic E-state index is 12.7. The van der Waals surface area contributed by atoms with E-state index in [2.05, 4.69) is 26.8 Å². The highest BCUT2D eigenvalue weighted by molar-refractivity contribution is 5.97. The molecular weight excluding hydrogens is 420 g/mol. The molecule has 0 bridgehead atoms. The van der Waals surface area contributed by atoms with Gasteiger partial charge in [-0.2, -0.15) is 0 Å². The minimum absolute atomic E-state index is 0.0301. The van der Waals surface area contributed by atoms with Crippen molar-refractivity contribution in [1.82, 2.24) is 0 Å². The molecule has 2 aromatic carbocycles. The van der Waals surface area contributed by atoms with Gasteiger partial charge < -0.3 is 18.6 Å². The molecule has 0 amide bonds. The van der Waals surface area contributed by atoms with Crippen molar-refractivity contribution in [3.8, 4) is 17.2 Å². The van der Waals surface area contributed by atoms with Crippen molar-refractivity contribution < 1.29 is 23.4 Å². The molecule has 0 N–H and O–H groups in total. The van der Waals surface area contributed by atoms with Gasteiger partial charge in [-0.3, -0.25) is 0 Å². The predicted molar refractivity (Wildman–Crippen MR) is 128 cm³/mol. The number of benzene rings is 2. The van der Waals surface area contributed by atoms with Crippen molar-refractivity contribution in [3.63, 3.8) is 0 Å². The average molecular weight is 449 g/mol. The third kappa shape index (κ3) is 6.13. The number of fused-ring (bicyclic) bond motifs is 1. The summed E-state index contributed by atoms with van der Waals surface area (Å²) >= 11 is 0. The van der Waals surface area contributed by atoms with E-state index in [1.54, 1.807) is 48.5 Å². The van der Waals surface area contributed by atoms with E-state index >= 15 is 0 Å². The first kappa shape index (κ1) is 23.9. The molecule has 0 unspecified atom stereocenters. The Bertz CT molecular complexity index is 1230. The van der Waals surface area contributed by atoms with Gasteiger partial charge in [-0.1, -0.05) is 41.5 Å². The number of allylic oxidation sites excluding steroid dienone is 3. The maximum Gasteiger partial charge on any atom is 0.383 e. The fraction of sp³-hybridized carbons (Fsp3) is 0.259. The number of methoxy groups -OCH3 is 1. The van der Waals surface area contributed by atoms with Crippen molar-refractivity contribution in [1.29, 1.82) is 0 Å². The molecule has 0 atom stereocenters. The Balaban J connectivity index is 1.94. The molecule has 0 aliphatic heterocycles. The van der Waals surface area contributed by atoms with Crippen LogP contribution in [-0.4, -0.2) is 19.7 Å². The lowest BCUT2D eigenvalue weighted by molar-refractivity contribution is 0.0731. The van der Waals surface area contributed by atoms with E-state index in [0.29, 0.717) is 23.3 Å². The van der Waals surface area contributed by atoms with Gasteiger partial charge >= 0.3 is 11.6 Å². The number of hydrogen-bond acceptors (Lipinski definition) is 6. The second-order valence-electron chi connectivity index (χ2n) is 7.82. The summed E-state index contributed by atoms with van der Waals surface area (Å²) in [4.78, 5) is 25.2. The first-order chi connectivity index (χ1) is 15.9. The largest absolute Gasteiger partial charge is 0.489 e. The molecule has 172 valence electrons. The molecule has 0 aliphatic carbocycles. The fourth-order valence-corrected chi connectivity index (χ4v) is 3.26. The Morgan fingerprint density at radius 3 is 2.42 bits per heavy atom. The monoisotopic (exact) mass is 448 g/mol. The van der Waals surface area contributed by atoms with Crippen LogP contribution < -0.4 is 19.8 Å². The number of carbonyl (C=O) groups excluding carboxylic acids is 1. The number of carbonyl (C=O) groups is 1. The van der Waals surface area contributed by atoms with Crippen molar-refractivity contribution >= 4 is 16.9 Å². The zero-order valence-corrected chi connectivity index (χ0v) is 19.3. The van der Waals surface area contributed by atoms with Crippen LogP contribution in [0.3, 0.4) is 0 Å². The van der Waals surface area contributed by atoms with Gasteiger partial charge in [0.2, 0.25) is 5.75 Å². The van der Waals surface area contributed by atoms with Gasteiger partial charge in [0.15, 0.2) is 5.75 Å². The molecule has 0 spiro atoms. The highest BCUT2D eigenvalue weighted by Crippen LogP contribution is 2.39. The van der Waals surface area contributed by atoms with Crippen LogP contribution in [0.2, 0.25) is 0 Å². The third-order valence-corrected chi connectivity index (χ3v) is 4.98. The molecule has 1 heterocycles. The Morgan fingerprint density at radius 2 is 1.73 bits per heavy atom. The van der Waals surface area contributed by atoms with Crippen LogP contribution in [0.5, 0.6) is 17.2 Å². The molecular formula is C27H28O6. The van der Waals surface area contributed by atoms with E-state index in [-0.39, 0.29) is 17.1 Å². The standard InChI is InChI=1S/C27H28O6/c1-18(2)10-8-11-19(3)16-17-31-21-14-9-15-22-23(21)24(25(30-4)27(29)32-22)33-26(28)20-12-6-5-7-13-20/h5-7,9-10,12-16H,8,11,17H2,1-4H3. The summed E-state index contributed by atoms with van der Waals surface area (Å²) in [5, 5.41) is 0.355. The summed E-state index contributed by atoms with van der Waals surface area (Å²) in [6.45, 7) is 6.53. The fourth-order valence-electron chi connectivity index (χ4n) is 3.26. The summed E-state index contributed by atoms with van der Waals surface area (Å²) in [7, 11) is 1.32. The van der Waals surface area contributed by atoms with Gasteiger partial charge in [0, 0.05) is 0 Å². The molecule has 3 aromatic rings. The Hall–Kier alpha value is -3.80. The van der Waals surface area contributed by atoms with Gasteiger partial charge in [0.25, 0.3) is 0 Å². The lowest BCUT2D eigenvalue weighted by Crippen LogP contribution is -2.13. The van der Waals surface area contributed by atoms with Crippen LogP contribution in [-0.2, 0) is 0 Å². The molecule has 6 nitrogen and oxygen atoms in total. The van der Waals surface area contributed by atoms with Gasteiger partial charge in [-0.05, 0) is 64.0 Å². The first-order valence-corrected chi connectivity index (χ1v) is 10.7. The molecule has 0 aliphatic rings. The van der Waals surface area contributed by atoms with Gasteiger partial charge in [0.05, 0.1) is 12.7 Å². The second-order valence-corrected chi connectivity index (χ2v) is 7.82. The minimum atomic E-state index is -0.743. The van der Waals surface area contributed by atoms with Gasteiger partial charge in [-0.15, -0.1) is 0 Å². The Kier molecular flexibility index (Phi) is 8.08. The highest BCUT2D eigenvalue weighted by Gasteiger charge is 2.23. The summed E-state index contributed by atoms with van der Waals surface area (Å²) in [6, 6.07) is 13.6. The Labute approximate surface area is 193 Å². The molecule has 0 saturated heterocycles. The van der Waals surface area contributed by atoms with E-state index in [0.717, 1.165) is 12.8 Å². The maximum atomic E-state index is 12.7.